The highest BCUT2D eigenvalue weighted by molar-refractivity contribution is 6.04. The maximum Gasteiger partial charge on any atom is 0.178 e. The number of hydrogen-bond acceptors (Lipinski definition) is 6. The fourth-order valence-electron chi connectivity index (χ4n) is 2.84. The van der Waals surface area contributed by atoms with Gasteiger partial charge in [-0.15, -0.1) is 5.10 Å². The molecule has 1 saturated carbocycles. The fourth-order valence-corrected chi connectivity index (χ4v) is 2.84. The molecule has 3 aromatic rings. The Labute approximate surface area is 167 Å². The van der Waals surface area contributed by atoms with Crippen molar-refractivity contribution in [3.8, 4) is 6.07 Å². The third kappa shape index (κ3) is 4.01. The number of aliphatic imine (C=N–C) groups is 1. The summed E-state index contributed by atoms with van der Waals surface area (Å²) in [5.41, 5.74) is 8.96. The summed E-state index contributed by atoms with van der Waals surface area (Å²) in [6.45, 7) is 1.89. The van der Waals surface area contributed by atoms with Crippen molar-refractivity contribution in [1.29, 1.82) is 10.7 Å². The van der Waals surface area contributed by atoms with Gasteiger partial charge in [0, 0.05) is 29.8 Å². The van der Waals surface area contributed by atoms with Crippen molar-refractivity contribution >= 4 is 34.5 Å². The molecule has 0 atom stereocenters. The van der Waals surface area contributed by atoms with Gasteiger partial charge in [0.1, 0.15) is 11.9 Å². The quantitative estimate of drug-likeness (QED) is 0.378. The van der Waals surface area contributed by atoms with Crippen molar-refractivity contribution < 1.29 is 0 Å². The average Bonchev–Trinajstić information content (AvgIpc) is 3.44. The Morgan fingerprint density at radius 3 is 2.97 bits per heavy atom. The molecule has 9 nitrogen and oxygen atoms in total. The predicted molar refractivity (Wildman–Crippen MR) is 113 cm³/mol. The average molecular weight is 387 g/mol. The van der Waals surface area contributed by atoms with Gasteiger partial charge in [-0.2, -0.15) is 9.78 Å². The van der Waals surface area contributed by atoms with Crippen LogP contribution in [0.4, 0.5) is 17.2 Å². The van der Waals surface area contributed by atoms with Gasteiger partial charge in [0.25, 0.3) is 0 Å². The highest BCUT2D eigenvalue weighted by atomic mass is 15.3. The van der Waals surface area contributed by atoms with Crippen LogP contribution in [0.5, 0.6) is 0 Å². The minimum Gasteiger partial charge on any atom is -0.387 e. The molecule has 0 amide bonds. The van der Waals surface area contributed by atoms with E-state index in [1.54, 1.807) is 6.07 Å². The summed E-state index contributed by atoms with van der Waals surface area (Å²) in [4.78, 5) is 8.42. The first-order chi connectivity index (χ1) is 14.1. The maximum absolute atomic E-state index is 9.34. The van der Waals surface area contributed by atoms with E-state index in [1.165, 1.54) is 10.7 Å². The number of aromatic nitrogens is 3. The molecule has 1 aliphatic carbocycles. The zero-order valence-electron chi connectivity index (χ0n) is 16.0. The Balaban J connectivity index is 1.66. The van der Waals surface area contributed by atoms with Gasteiger partial charge in [-0.25, -0.2) is 9.98 Å². The van der Waals surface area contributed by atoms with Gasteiger partial charge < -0.3 is 16.4 Å². The molecule has 0 spiro atoms. The van der Waals surface area contributed by atoms with Crippen molar-refractivity contribution in [2.75, 3.05) is 10.6 Å². The number of nitrogens with two attached hydrogens (primary N) is 1. The number of hydrogen-bond donors (Lipinski definition) is 4. The molecule has 2 heterocycles. The minimum absolute atomic E-state index is 0.105. The lowest BCUT2D eigenvalue weighted by Gasteiger charge is -2.11. The smallest absolute Gasteiger partial charge is 0.178 e. The first-order valence-corrected chi connectivity index (χ1v) is 9.42. The molecule has 9 heteroatoms. The van der Waals surface area contributed by atoms with E-state index >= 15 is 0 Å². The molecule has 5 N–H and O–H groups in total. The van der Waals surface area contributed by atoms with E-state index in [2.05, 4.69) is 31.8 Å². The van der Waals surface area contributed by atoms with E-state index < -0.39 is 0 Å². The molecule has 0 bridgehead atoms. The Hall–Kier alpha value is -3.93. The summed E-state index contributed by atoms with van der Waals surface area (Å²) in [6.07, 6.45) is 4.35. The summed E-state index contributed by atoms with van der Waals surface area (Å²) in [5.74, 6) is 1.09. The highest BCUT2D eigenvalue weighted by Gasteiger charge is 2.23. The number of imidazole rings is 1. The standard InChI is InChI=1S/C20H21N9/c1-2-17(22)27-19(23)12-4-3-5-14(8-12)26-18-9-16(25-13-6-7-13)20-24-11-15(10-21)29(20)28-18/h3-5,8-9,11,13,25H,2,6-7H2,1H3,(H,26,28)(H3,22,23,27). The first kappa shape index (κ1) is 18.4. The molecule has 29 heavy (non-hydrogen) atoms. The van der Waals surface area contributed by atoms with Gasteiger partial charge in [-0.1, -0.05) is 19.1 Å². The molecular weight excluding hydrogens is 366 g/mol. The van der Waals surface area contributed by atoms with Crippen molar-refractivity contribution in [2.45, 2.75) is 32.2 Å². The summed E-state index contributed by atoms with van der Waals surface area (Å²) < 4.78 is 1.53. The second kappa shape index (κ2) is 7.59. The number of nitrogens with one attached hydrogen (secondary N) is 3. The van der Waals surface area contributed by atoms with E-state index in [9.17, 15) is 5.26 Å². The van der Waals surface area contributed by atoms with E-state index in [1.807, 2.05) is 31.2 Å². The zero-order chi connectivity index (χ0) is 20.4. The van der Waals surface area contributed by atoms with Gasteiger partial charge in [0.2, 0.25) is 0 Å². The molecule has 1 fully saturated rings. The second-order valence-electron chi connectivity index (χ2n) is 6.86. The highest BCUT2D eigenvalue weighted by Crippen LogP contribution is 2.29. The van der Waals surface area contributed by atoms with Crippen LogP contribution in [0.15, 0.2) is 41.5 Å². The molecule has 1 aromatic carbocycles. The van der Waals surface area contributed by atoms with Crippen LogP contribution < -0.4 is 16.4 Å². The molecule has 146 valence electrons. The lowest BCUT2D eigenvalue weighted by Crippen LogP contribution is -2.13. The molecule has 4 rings (SSSR count). The number of nitriles is 1. The van der Waals surface area contributed by atoms with Crippen LogP contribution in [0.2, 0.25) is 0 Å². The Morgan fingerprint density at radius 1 is 1.41 bits per heavy atom. The minimum atomic E-state index is 0.105. The van der Waals surface area contributed by atoms with E-state index in [0.717, 1.165) is 24.2 Å². The summed E-state index contributed by atoms with van der Waals surface area (Å²) in [5, 5.41) is 28.7. The van der Waals surface area contributed by atoms with Gasteiger partial charge in [-0.05, 0) is 25.0 Å². The lowest BCUT2D eigenvalue weighted by atomic mass is 10.2. The van der Waals surface area contributed by atoms with Crippen molar-refractivity contribution in [1.82, 2.24) is 14.6 Å². The number of amidine groups is 2. The number of fused-ring (bicyclic) bond motifs is 1. The van der Waals surface area contributed by atoms with Gasteiger partial charge in [0.05, 0.1) is 11.9 Å². The summed E-state index contributed by atoms with van der Waals surface area (Å²) >= 11 is 0. The van der Waals surface area contributed by atoms with Crippen LogP contribution in [0.3, 0.4) is 0 Å². The van der Waals surface area contributed by atoms with Crippen molar-refractivity contribution in [3.05, 3.63) is 47.8 Å². The molecular formula is C20H21N9. The van der Waals surface area contributed by atoms with Crippen LogP contribution in [0.25, 0.3) is 5.65 Å². The monoisotopic (exact) mass is 387 g/mol. The Bertz CT molecular complexity index is 1150. The van der Waals surface area contributed by atoms with E-state index in [-0.39, 0.29) is 5.84 Å². The van der Waals surface area contributed by atoms with Gasteiger partial charge >= 0.3 is 0 Å². The number of rotatable bonds is 6. The molecule has 0 aliphatic heterocycles. The molecule has 0 unspecified atom stereocenters. The molecule has 0 radical (unpaired) electrons. The Morgan fingerprint density at radius 2 is 2.24 bits per heavy atom. The number of benzene rings is 1. The molecule has 1 aliphatic rings. The van der Waals surface area contributed by atoms with Crippen LogP contribution >= 0.6 is 0 Å². The molecule has 0 saturated heterocycles. The third-order valence-electron chi connectivity index (χ3n) is 4.55. The third-order valence-corrected chi connectivity index (χ3v) is 4.55. The zero-order valence-corrected chi connectivity index (χ0v) is 16.0. The fraction of sp³-hybridized carbons (Fsp3) is 0.250. The Kier molecular flexibility index (Phi) is 4.83. The lowest BCUT2D eigenvalue weighted by molar-refractivity contribution is 0.924. The largest absolute Gasteiger partial charge is 0.387 e. The second-order valence-corrected chi connectivity index (χ2v) is 6.86. The van der Waals surface area contributed by atoms with Crippen LogP contribution in [0.1, 0.15) is 37.4 Å². The SMILES string of the molecule is CCC(N)=NC(=N)c1cccc(Nc2cc(NC3CC3)c3ncc(C#N)n3n2)c1. The number of anilines is 3. The van der Waals surface area contributed by atoms with Crippen molar-refractivity contribution in [3.63, 3.8) is 0 Å². The van der Waals surface area contributed by atoms with Crippen molar-refractivity contribution in [2.24, 2.45) is 10.7 Å². The topological polar surface area (TPSA) is 140 Å². The van der Waals surface area contributed by atoms with Gasteiger partial charge in [-0.3, -0.25) is 5.41 Å². The normalized spacial score (nSPS) is 13.9. The van der Waals surface area contributed by atoms with E-state index in [4.69, 9.17) is 11.1 Å². The predicted octanol–water partition coefficient (Wildman–Crippen LogP) is 3.01. The van der Waals surface area contributed by atoms with Crippen LogP contribution in [-0.2, 0) is 0 Å². The van der Waals surface area contributed by atoms with Crippen LogP contribution in [0, 0.1) is 16.7 Å². The maximum atomic E-state index is 9.34. The van der Waals surface area contributed by atoms with Gasteiger partial charge in [0.15, 0.2) is 23.0 Å². The van der Waals surface area contributed by atoms with E-state index in [0.29, 0.717) is 41.0 Å². The summed E-state index contributed by atoms with van der Waals surface area (Å²) in [7, 11) is 0. The molecule has 2 aromatic heterocycles. The van der Waals surface area contributed by atoms with Crippen LogP contribution in [-0.4, -0.2) is 32.3 Å². The number of nitrogens with zero attached hydrogens (tertiary/aromatic N) is 5. The first-order valence-electron chi connectivity index (χ1n) is 9.42. The summed E-state index contributed by atoms with van der Waals surface area (Å²) in [6, 6.07) is 11.8.